The molecule has 1 aromatic rings. The molecule has 0 spiro atoms. The predicted molar refractivity (Wildman–Crippen MR) is 106 cm³/mol. The van der Waals surface area contributed by atoms with Crippen LogP contribution in [0.5, 0.6) is 0 Å². The van der Waals surface area contributed by atoms with Gasteiger partial charge in [-0.1, -0.05) is 30.3 Å². The van der Waals surface area contributed by atoms with Crippen molar-refractivity contribution < 1.29 is 9.59 Å². The first-order chi connectivity index (χ1) is 13.0. The van der Waals surface area contributed by atoms with Crippen LogP contribution >= 0.6 is 0 Å². The fourth-order valence-electron chi connectivity index (χ4n) is 2.84. The smallest absolute Gasteiger partial charge is 0.324 e. The lowest BCUT2D eigenvalue weighted by atomic mass is 10.1. The first kappa shape index (κ1) is 20.7. The zero-order chi connectivity index (χ0) is 19.6. The summed E-state index contributed by atoms with van der Waals surface area (Å²) in [6.07, 6.45) is 0.969. The van der Waals surface area contributed by atoms with E-state index in [0.717, 1.165) is 19.5 Å². The molecule has 0 radical (unpaired) electrons. The van der Waals surface area contributed by atoms with Crippen LogP contribution in [-0.2, 0) is 11.3 Å². The molecule has 1 aliphatic heterocycles. The molecule has 0 bridgehead atoms. The van der Waals surface area contributed by atoms with Crippen LogP contribution in [0.15, 0.2) is 35.3 Å². The second-order valence-corrected chi connectivity index (χ2v) is 6.67. The molecule has 1 saturated heterocycles. The Morgan fingerprint density at radius 3 is 2.59 bits per heavy atom. The maximum absolute atomic E-state index is 11.5. The van der Waals surface area contributed by atoms with Crippen LogP contribution in [0.2, 0.25) is 0 Å². The first-order valence-electron chi connectivity index (χ1n) is 9.28. The summed E-state index contributed by atoms with van der Waals surface area (Å²) in [4.78, 5) is 30.7. The van der Waals surface area contributed by atoms with Crippen molar-refractivity contribution in [3.05, 3.63) is 35.9 Å². The number of hydrogen-bond acceptors (Lipinski definition) is 4. The fourth-order valence-corrected chi connectivity index (χ4v) is 2.84. The van der Waals surface area contributed by atoms with Crippen LogP contribution < -0.4 is 16.0 Å². The van der Waals surface area contributed by atoms with E-state index in [1.807, 2.05) is 6.07 Å². The number of nitrogens with one attached hydrogen (secondary N) is 3. The Balaban J connectivity index is 1.65. The third kappa shape index (κ3) is 6.56. The van der Waals surface area contributed by atoms with Gasteiger partial charge in [0.15, 0.2) is 5.96 Å². The van der Waals surface area contributed by atoms with E-state index in [1.54, 1.807) is 7.05 Å². The maximum Gasteiger partial charge on any atom is 0.324 e. The Hall–Kier alpha value is -2.61. The summed E-state index contributed by atoms with van der Waals surface area (Å²) in [7, 11) is 3.83. The van der Waals surface area contributed by atoms with Crippen molar-refractivity contribution in [2.75, 3.05) is 40.3 Å². The standard InChI is InChI=1S/C19H30N6O2/c1-15(24(3)14-16-7-5-4-6-8-16)9-10-21-18(20-2)22-11-12-25-17(26)13-23-19(25)27/h4-8,15H,9-14H2,1-3H3,(H,23,27)(H2,20,21,22). The Kier molecular flexibility index (Phi) is 8.06. The molecule has 2 rings (SSSR count). The van der Waals surface area contributed by atoms with Gasteiger partial charge in [-0.3, -0.25) is 19.6 Å². The van der Waals surface area contributed by atoms with Gasteiger partial charge in [0.05, 0.1) is 6.54 Å². The number of imide groups is 1. The van der Waals surface area contributed by atoms with Crippen molar-refractivity contribution >= 4 is 17.9 Å². The quantitative estimate of drug-likeness (QED) is 0.335. The molecule has 27 heavy (non-hydrogen) atoms. The molecule has 0 aliphatic carbocycles. The minimum atomic E-state index is -0.333. The van der Waals surface area contributed by atoms with E-state index in [-0.39, 0.29) is 18.5 Å². The van der Waals surface area contributed by atoms with Gasteiger partial charge in [0, 0.05) is 39.3 Å². The molecule has 8 heteroatoms. The van der Waals surface area contributed by atoms with Gasteiger partial charge in [0.1, 0.15) is 0 Å². The highest BCUT2D eigenvalue weighted by molar-refractivity contribution is 6.01. The van der Waals surface area contributed by atoms with Gasteiger partial charge in [-0.05, 0) is 26.0 Å². The molecule has 1 heterocycles. The molecule has 1 unspecified atom stereocenters. The summed E-state index contributed by atoms with van der Waals surface area (Å²) in [5.74, 6) is 0.472. The van der Waals surface area contributed by atoms with E-state index in [0.29, 0.717) is 25.1 Å². The lowest BCUT2D eigenvalue weighted by Gasteiger charge is -2.25. The number of carbonyl (C=O) groups is 2. The average Bonchev–Trinajstić information content (AvgIpc) is 2.99. The molecular formula is C19H30N6O2. The van der Waals surface area contributed by atoms with Crippen molar-refractivity contribution in [3.63, 3.8) is 0 Å². The predicted octanol–water partition coefficient (Wildman–Crippen LogP) is 0.614. The third-order valence-corrected chi connectivity index (χ3v) is 4.67. The monoisotopic (exact) mass is 374 g/mol. The van der Waals surface area contributed by atoms with Gasteiger partial charge in [0.25, 0.3) is 0 Å². The summed E-state index contributed by atoms with van der Waals surface area (Å²) in [6, 6.07) is 10.5. The minimum absolute atomic E-state index is 0.0835. The van der Waals surface area contributed by atoms with Crippen LogP contribution in [0.25, 0.3) is 0 Å². The van der Waals surface area contributed by atoms with Crippen LogP contribution in [-0.4, -0.2) is 74.0 Å². The summed E-state index contributed by atoms with van der Waals surface area (Å²) in [6.45, 7) is 4.77. The third-order valence-electron chi connectivity index (χ3n) is 4.67. The number of guanidine groups is 1. The Morgan fingerprint density at radius 2 is 1.96 bits per heavy atom. The molecule has 3 N–H and O–H groups in total. The molecule has 1 fully saturated rings. The molecule has 3 amide bonds. The largest absolute Gasteiger partial charge is 0.356 e. The number of hydrogen-bond donors (Lipinski definition) is 3. The number of rotatable bonds is 9. The van der Waals surface area contributed by atoms with Gasteiger partial charge in [0.2, 0.25) is 5.91 Å². The molecule has 8 nitrogen and oxygen atoms in total. The molecule has 1 atom stereocenters. The maximum atomic E-state index is 11.5. The molecule has 1 aliphatic rings. The molecular weight excluding hydrogens is 344 g/mol. The van der Waals surface area contributed by atoms with E-state index in [9.17, 15) is 9.59 Å². The fraction of sp³-hybridized carbons (Fsp3) is 0.526. The second-order valence-electron chi connectivity index (χ2n) is 6.67. The van der Waals surface area contributed by atoms with Crippen molar-refractivity contribution in [3.8, 4) is 0 Å². The van der Waals surface area contributed by atoms with E-state index in [1.165, 1.54) is 10.5 Å². The number of nitrogens with zero attached hydrogens (tertiary/aromatic N) is 3. The van der Waals surface area contributed by atoms with E-state index < -0.39 is 0 Å². The molecule has 1 aromatic carbocycles. The topological polar surface area (TPSA) is 89.1 Å². The lowest BCUT2D eigenvalue weighted by Crippen LogP contribution is -2.44. The number of carbonyl (C=O) groups excluding carboxylic acids is 2. The number of benzene rings is 1. The number of aliphatic imine (C=N–C) groups is 1. The number of amides is 3. The van der Waals surface area contributed by atoms with Crippen LogP contribution in [0.1, 0.15) is 18.9 Å². The van der Waals surface area contributed by atoms with Gasteiger partial charge in [-0.25, -0.2) is 4.79 Å². The van der Waals surface area contributed by atoms with Crippen LogP contribution in [0.3, 0.4) is 0 Å². The van der Waals surface area contributed by atoms with Crippen molar-refractivity contribution in [2.45, 2.75) is 25.9 Å². The summed E-state index contributed by atoms with van der Waals surface area (Å²) in [5.41, 5.74) is 1.30. The summed E-state index contributed by atoms with van der Waals surface area (Å²) < 4.78 is 0. The van der Waals surface area contributed by atoms with Gasteiger partial charge in [-0.15, -0.1) is 0 Å². The van der Waals surface area contributed by atoms with Gasteiger partial charge in [-0.2, -0.15) is 0 Å². The Morgan fingerprint density at radius 1 is 1.26 bits per heavy atom. The summed E-state index contributed by atoms with van der Waals surface area (Å²) in [5, 5.41) is 8.91. The zero-order valence-corrected chi connectivity index (χ0v) is 16.4. The average molecular weight is 374 g/mol. The molecule has 0 aromatic heterocycles. The zero-order valence-electron chi connectivity index (χ0n) is 16.4. The second kappa shape index (κ2) is 10.5. The van der Waals surface area contributed by atoms with Crippen molar-refractivity contribution in [2.24, 2.45) is 4.99 Å². The van der Waals surface area contributed by atoms with E-state index in [4.69, 9.17) is 0 Å². The summed E-state index contributed by atoms with van der Waals surface area (Å²) >= 11 is 0. The molecule has 0 saturated carbocycles. The van der Waals surface area contributed by atoms with Crippen LogP contribution in [0, 0.1) is 0 Å². The highest BCUT2D eigenvalue weighted by Crippen LogP contribution is 2.07. The first-order valence-corrected chi connectivity index (χ1v) is 9.28. The van der Waals surface area contributed by atoms with Crippen LogP contribution in [0.4, 0.5) is 4.79 Å². The SMILES string of the molecule is CN=C(NCCC(C)N(C)Cc1ccccc1)NCCN1C(=O)CNC1=O. The van der Waals surface area contributed by atoms with E-state index >= 15 is 0 Å². The highest BCUT2D eigenvalue weighted by Gasteiger charge is 2.27. The lowest BCUT2D eigenvalue weighted by molar-refractivity contribution is -0.124. The normalized spacial score (nSPS) is 15.9. The minimum Gasteiger partial charge on any atom is -0.356 e. The van der Waals surface area contributed by atoms with E-state index in [2.05, 4.69) is 64.1 Å². The Bertz CT molecular complexity index is 633. The van der Waals surface area contributed by atoms with Crippen molar-refractivity contribution in [1.29, 1.82) is 0 Å². The van der Waals surface area contributed by atoms with Gasteiger partial charge >= 0.3 is 6.03 Å². The van der Waals surface area contributed by atoms with Gasteiger partial charge < -0.3 is 16.0 Å². The Labute approximate surface area is 161 Å². The number of urea groups is 1. The van der Waals surface area contributed by atoms with Crippen molar-refractivity contribution in [1.82, 2.24) is 25.8 Å². The highest BCUT2D eigenvalue weighted by atomic mass is 16.2. The molecule has 148 valence electrons.